The van der Waals surface area contributed by atoms with Gasteiger partial charge in [-0.1, -0.05) is 85.0 Å². The Morgan fingerprint density at radius 2 is 0.840 bits per heavy atom. The van der Waals surface area contributed by atoms with Crippen molar-refractivity contribution >= 4 is 57.5 Å². The minimum Gasteiger partial charge on any atom is -0.376 e. The molecule has 8 bridgehead atoms. The molecule has 0 spiro atoms. The largest absolute Gasteiger partial charge is 0.376 e. The van der Waals surface area contributed by atoms with Crippen LogP contribution in [0.3, 0.4) is 0 Å². The van der Waals surface area contributed by atoms with E-state index in [9.17, 15) is 0 Å². The Bertz CT molecular complexity index is 2500. The van der Waals surface area contributed by atoms with E-state index in [0.717, 1.165) is 102 Å². The van der Waals surface area contributed by atoms with Gasteiger partial charge in [0.2, 0.25) is 0 Å². The van der Waals surface area contributed by atoms with Crippen molar-refractivity contribution in [2.45, 2.75) is 0 Å². The summed E-state index contributed by atoms with van der Waals surface area (Å²) in [7, 11) is 4.22. The van der Waals surface area contributed by atoms with Crippen LogP contribution in [0.1, 0.15) is 33.9 Å². The highest BCUT2D eigenvalue weighted by molar-refractivity contribution is 5.99. The molecule has 242 valence electrons. The van der Waals surface area contributed by atoms with Crippen molar-refractivity contribution in [2.75, 3.05) is 27.2 Å². The summed E-state index contributed by atoms with van der Waals surface area (Å²) in [5.41, 5.74) is 16.2. The fourth-order valence-corrected chi connectivity index (χ4v) is 7.28. The number of allylic oxidation sites excluding steroid dienone is 4. The first-order valence-corrected chi connectivity index (χ1v) is 17.0. The molecule has 6 nitrogen and oxygen atoms in total. The van der Waals surface area contributed by atoms with Crippen molar-refractivity contribution in [3.63, 3.8) is 0 Å². The lowest BCUT2D eigenvalue weighted by atomic mass is 10.0. The Hall–Kier alpha value is -6.40. The molecule has 0 saturated carbocycles. The van der Waals surface area contributed by atoms with E-state index < -0.39 is 0 Å². The van der Waals surface area contributed by atoms with E-state index in [-0.39, 0.29) is 0 Å². The predicted octanol–water partition coefficient (Wildman–Crippen LogP) is 9.67. The number of rotatable bonds is 4. The van der Waals surface area contributed by atoms with E-state index in [1.807, 2.05) is 6.07 Å². The summed E-state index contributed by atoms with van der Waals surface area (Å²) in [6.07, 6.45) is 21.8. The Morgan fingerprint density at radius 1 is 0.440 bits per heavy atom. The van der Waals surface area contributed by atoms with Crippen LogP contribution in [0.4, 0.5) is 0 Å². The third-order valence-corrected chi connectivity index (χ3v) is 9.56. The van der Waals surface area contributed by atoms with Crippen molar-refractivity contribution in [1.29, 1.82) is 0 Å². The summed E-state index contributed by atoms with van der Waals surface area (Å²) in [5.74, 6) is 0. The van der Waals surface area contributed by atoms with E-state index in [0.29, 0.717) is 0 Å². The molecular formula is C44H36N6. The monoisotopic (exact) mass is 648 g/mol. The van der Waals surface area contributed by atoms with Crippen molar-refractivity contribution in [3.8, 4) is 22.3 Å². The number of hydrogen-bond acceptors (Lipinski definition) is 4. The average molecular weight is 649 g/mol. The predicted molar refractivity (Wildman–Crippen MR) is 209 cm³/mol. The lowest BCUT2D eigenvalue weighted by molar-refractivity contribution is 0.507. The third kappa shape index (κ3) is 5.31. The second-order valence-electron chi connectivity index (χ2n) is 13.1. The highest BCUT2D eigenvalue weighted by Crippen LogP contribution is 2.37. The van der Waals surface area contributed by atoms with Crippen LogP contribution in [0, 0.1) is 0 Å². The van der Waals surface area contributed by atoms with Crippen LogP contribution in [-0.2, 0) is 0 Å². The Kier molecular flexibility index (Phi) is 7.28. The van der Waals surface area contributed by atoms with Gasteiger partial charge in [-0.15, -0.1) is 0 Å². The molecule has 7 heterocycles. The van der Waals surface area contributed by atoms with E-state index in [2.05, 4.69) is 174 Å². The van der Waals surface area contributed by atoms with E-state index in [4.69, 9.17) is 9.97 Å². The number of aromatic nitrogens is 4. The number of aromatic amines is 2. The molecule has 0 fully saturated rings. The van der Waals surface area contributed by atoms with E-state index >= 15 is 0 Å². The highest BCUT2D eigenvalue weighted by atomic mass is 15.1. The number of hydrogen-bond donors (Lipinski definition) is 2. The number of fused-ring (bicyclic) bond motifs is 8. The van der Waals surface area contributed by atoms with Gasteiger partial charge in [0, 0.05) is 95.1 Å². The topological polar surface area (TPSA) is 63.8 Å². The minimum absolute atomic E-state index is 0.868. The molecule has 9 rings (SSSR count). The maximum atomic E-state index is 5.38. The van der Waals surface area contributed by atoms with Crippen molar-refractivity contribution in [1.82, 2.24) is 29.7 Å². The van der Waals surface area contributed by atoms with Gasteiger partial charge in [0.15, 0.2) is 0 Å². The van der Waals surface area contributed by atoms with Gasteiger partial charge in [0.25, 0.3) is 0 Å². The Balaban J connectivity index is 1.46. The zero-order valence-electron chi connectivity index (χ0n) is 28.1. The second-order valence-corrected chi connectivity index (χ2v) is 13.1. The molecule has 5 aromatic rings. The number of benzene rings is 2. The molecule has 0 radical (unpaired) electrons. The second kappa shape index (κ2) is 12.2. The maximum Gasteiger partial charge on any atom is 0.0738 e. The van der Waals surface area contributed by atoms with Gasteiger partial charge in [-0.25, -0.2) is 9.97 Å². The Labute approximate surface area is 291 Å². The quantitative estimate of drug-likeness (QED) is 0.200. The molecule has 0 unspecified atom stereocenters. The van der Waals surface area contributed by atoms with Crippen LogP contribution < -0.4 is 0 Å². The van der Waals surface area contributed by atoms with Gasteiger partial charge in [-0.2, -0.15) is 0 Å². The summed E-state index contributed by atoms with van der Waals surface area (Å²) in [5, 5.41) is 0. The maximum absolute atomic E-state index is 5.38. The van der Waals surface area contributed by atoms with Crippen LogP contribution >= 0.6 is 0 Å². The van der Waals surface area contributed by atoms with Crippen molar-refractivity contribution in [3.05, 3.63) is 156 Å². The van der Waals surface area contributed by atoms with Gasteiger partial charge in [0.05, 0.1) is 22.8 Å². The lowest BCUT2D eigenvalue weighted by Gasteiger charge is -2.18. The molecule has 0 atom stereocenters. The van der Waals surface area contributed by atoms with Gasteiger partial charge in [-0.05, 0) is 59.7 Å². The zero-order valence-corrected chi connectivity index (χ0v) is 28.1. The third-order valence-electron chi connectivity index (χ3n) is 9.56. The van der Waals surface area contributed by atoms with Crippen molar-refractivity contribution < 1.29 is 0 Å². The first-order chi connectivity index (χ1) is 24.6. The lowest BCUT2D eigenvalue weighted by Crippen LogP contribution is -2.14. The molecule has 0 amide bonds. The molecule has 2 aromatic carbocycles. The molecule has 6 heteroatoms. The first-order valence-electron chi connectivity index (χ1n) is 17.0. The van der Waals surface area contributed by atoms with E-state index in [1.165, 1.54) is 0 Å². The standard InChI is InChI=1S/C44H36N6/c1-49-25-9-15-31(27-49)43-37-21-19-35(46-37)41(29-11-5-3-6-12-29)33-17-18-34(45-33)42(30-13-7-4-8-14-30)36-20-22-38(47-36)44(40-24-23-39(43)48-40)32-16-10-26-50(2)28-32/h3-24,27-28,46,48H,25-26H2,1-2H3. The SMILES string of the molecule is CN1C=C(c2c3nc(c(-c4ccccc4)c4nc(c(-c5ccccc5)c5ccc([nH]5)c(C5=CN(C)CC=C5)c5ccc2[nH]5)C=C4)C=C3)C=CC1. The molecule has 3 aromatic heterocycles. The van der Waals surface area contributed by atoms with Crippen LogP contribution in [0.2, 0.25) is 0 Å². The summed E-state index contributed by atoms with van der Waals surface area (Å²) in [4.78, 5) is 22.9. The van der Waals surface area contributed by atoms with Crippen LogP contribution in [-0.4, -0.2) is 56.9 Å². The number of likely N-dealkylation sites (N-methyl/N-ethyl adjacent to an activating group) is 2. The van der Waals surface area contributed by atoms with Crippen LogP contribution in [0.15, 0.2) is 122 Å². The summed E-state index contributed by atoms with van der Waals surface area (Å²) in [6.45, 7) is 1.74. The molecule has 4 aliphatic heterocycles. The van der Waals surface area contributed by atoms with Gasteiger partial charge in [-0.3, -0.25) is 0 Å². The van der Waals surface area contributed by atoms with Crippen molar-refractivity contribution in [2.24, 2.45) is 0 Å². The minimum atomic E-state index is 0.868. The normalized spacial score (nSPS) is 15.1. The van der Waals surface area contributed by atoms with Gasteiger partial charge in [0.1, 0.15) is 0 Å². The summed E-state index contributed by atoms with van der Waals surface area (Å²) >= 11 is 0. The molecule has 0 aliphatic carbocycles. The summed E-state index contributed by atoms with van der Waals surface area (Å²) < 4.78 is 0. The van der Waals surface area contributed by atoms with Gasteiger partial charge < -0.3 is 19.8 Å². The highest BCUT2D eigenvalue weighted by Gasteiger charge is 2.20. The first kappa shape index (κ1) is 29.7. The van der Waals surface area contributed by atoms with Gasteiger partial charge >= 0.3 is 0 Å². The molecular weight excluding hydrogens is 613 g/mol. The number of H-pyrrole nitrogens is 2. The fraction of sp³-hybridized carbons (Fsp3) is 0.0909. The zero-order chi connectivity index (χ0) is 33.6. The number of nitrogens with one attached hydrogen (secondary N) is 2. The fourth-order valence-electron chi connectivity index (χ4n) is 7.28. The van der Waals surface area contributed by atoms with E-state index in [1.54, 1.807) is 0 Å². The number of nitrogens with zero attached hydrogens (tertiary/aromatic N) is 4. The Morgan fingerprint density at radius 3 is 1.34 bits per heavy atom. The molecule has 4 aliphatic rings. The molecule has 50 heavy (non-hydrogen) atoms. The summed E-state index contributed by atoms with van der Waals surface area (Å²) in [6, 6.07) is 29.8. The average Bonchev–Trinajstić information content (AvgIpc) is 3.97. The van der Waals surface area contributed by atoms with Crippen LogP contribution in [0.25, 0.3) is 79.8 Å². The molecule has 0 saturated heterocycles. The van der Waals surface area contributed by atoms with Crippen LogP contribution in [0.5, 0.6) is 0 Å². The molecule has 2 N–H and O–H groups in total. The smallest absolute Gasteiger partial charge is 0.0738 e.